The van der Waals surface area contributed by atoms with Gasteiger partial charge in [0.25, 0.3) is 0 Å². The Hall–Kier alpha value is -3.28. The summed E-state index contributed by atoms with van der Waals surface area (Å²) < 4.78 is 0. The first-order chi connectivity index (χ1) is 12.7. The lowest BCUT2D eigenvalue weighted by atomic mass is 10.00. The van der Waals surface area contributed by atoms with Crippen LogP contribution in [0.1, 0.15) is 0 Å². The summed E-state index contributed by atoms with van der Waals surface area (Å²) in [5, 5.41) is 0.940. The first-order valence-corrected chi connectivity index (χ1v) is 8.61. The van der Waals surface area contributed by atoms with Gasteiger partial charge in [-0.25, -0.2) is 14.9 Å². The Balaban J connectivity index is 1.47. The number of benzene rings is 2. The predicted octanol–water partition coefficient (Wildman–Crippen LogP) is 2.26. The number of imide groups is 1. The molecular weight excluding hydrogens is 328 g/mol. The molecule has 0 saturated carbocycles. The lowest BCUT2D eigenvalue weighted by Crippen LogP contribution is -2.36. The molecule has 0 spiro atoms. The van der Waals surface area contributed by atoms with E-state index < -0.39 is 0 Å². The van der Waals surface area contributed by atoms with Crippen LogP contribution in [0.2, 0.25) is 0 Å². The molecule has 2 aliphatic heterocycles. The van der Waals surface area contributed by atoms with Crippen molar-refractivity contribution in [3.05, 3.63) is 60.9 Å². The molecule has 3 heterocycles. The minimum absolute atomic E-state index is 0.118. The number of hydrogen-bond acceptors (Lipinski definition) is 5. The van der Waals surface area contributed by atoms with Gasteiger partial charge in [-0.2, -0.15) is 0 Å². The van der Waals surface area contributed by atoms with Crippen molar-refractivity contribution in [2.75, 3.05) is 22.9 Å². The number of fused-ring (bicyclic) bond motifs is 2. The molecule has 0 radical (unpaired) electrons. The Labute approximate surface area is 150 Å². The standard InChI is InChI=1S/C20H16N4O2/c25-19-15-10-23(18-14-8-4-5-9-17(14)21-12-22-18)11-16(15)20(26)24(19)13-6-2-1-3-7-13/h1-9,12,15-16H,10-11H2. The highest BCUT2D eigenvalue weighted by Crippen LogP contribution is 2.38. The summed E-state index contributed by atoms with van der Waals surface area (Å²) in [5.41, 5.74) is 1.51. The number of anilines is 2. The molecule has 2 atom stereocenters. The summed E-state index contributed by atoms with van der Waals surface area (Å²) in [6, 6.07) is 16.9. The summed E-state index contributed by atoms with van der Waals surface area (Å²) in [6.45, 7) is 0.999. The van der Waals surface area contributed by atoms with Crippen LogP contribution in [0.4, 0.5) is 11.5 Å². The van der Waals surface area contributed by atoms with Gasteiger partial charge in [0.05, 0.1) is 23.0 Å². The molecule has 0 aliphatic carbocycles. The third-order valence-corrected chi connectivity index (χ3v) is 5.23. The summed E-state index contributed by atoms with van der Waals surface area (Å²) in [6.07, 6.45) is 1.53. The van der Waals surface area contributed by atoms with Crippen molar-refractivity contribution in [2.45, 2.75) is 0 Å². The van der Waals surface area contributed by atoms with Crippen LogP contribution < -0.4 is 9.80 Å². The number of carbonyl (C=O) groups excluding carboxylic acids is 2. The molecule has 1 aromatic heterocycles. The Morgan fingerprint density at radius 3 is 2.19 bits per heavy atom. The highest BCUT2D eigenvalue weighted by Gasteiger charge is 2.53. The van der Waals surface area contributed by atoms with E-state index in [2.05, 4.69) is 9.97 Å². The van der Waals surface area contributed by atoms with Gasteiger partial charge in [0.15, 0.2) is 0 Å². The number of aromatic nitrogens is 2. The largest absolute Gasteiger partial charge is 0.354 e. The fourth-order valence-corrected chi connectivity index (χ4v) is 3.99. The Morgan fingerprint density at radius 1 is 0.808 bits per heavy atom. The van der Waals surface area contributed by atoms with E-state index >= 15 is 0 Å². The van der Waals surface area contributed by atoms with Crippen LogP contribution in [-0.4, -0.2) is 34.9 Å². The fraction of sp³-hybridized carbons (Fsp3) is 0.200. The van der Waals surface area contributed by atoms with Gasteiger partial charge in [-0.15, -0.1) is 0 Å². The zero-order valence-electron chi connectivity index (χ0n) is 13.9. The number of nitrogens with zero attached hydrogens (tertiary/aromatic N) is 4. The molecule has 0 N–H and O–H groups in total. The van der Waals surface area contributed by atoms with Gasteiger partial charge < -0.3 is 4.90 Å². The highest BCUT2D eigenvalue weighted by atomic mass is 16.2. The van der Waals surface area contributed by atoms with Crippen molar-refractivity contribution in [1.29, 1.82) is 0 Å². The van der Waals surface area contributed by atoms with Crippen LogP contribution in [0.3, 0.4) is 0 Å². The SMILES string of the molecule is O=C1C2CN(c3ncnc4ccccc34)CC2C(=O)N1c1ccccc1. The van der Waals surface area contributed by atoms with Gasteiger partial charge in [-0.3, -0.25) is 9.59 Å². The lowest BCUT2D eigenvalue weighted by Gasteiger charge is -2.22. The monoisotopic (exact) mass is 344 g/mol. The molecule has 2 fully saturated rings. The predicted molar refractivity (Wildman–Crippen MR) is 97.7 cm³/mol. The van der Waals surface area contributed by atoms with Gasteiger partial charge in [0, 0.05) is 18.5 Å². The van der Waals surface area contributed by atoms with E-state index in [0.29, 0.717) is 18.8 Å². The molecule has 0 bridgehead atoms. The molecule has 6 heteroatoms. The second kappa shape index (κ2) is 5.62. The number of carbonyl (C=O) groups is 2. The minimum Gasteiger partial charge on any atom is -0.354 e. The molecule has 128 valence electrons. The van der Waals surface area contributed by atoms with E-state index in [9.17, 15) is 9.59 Å². The topological polar surface area (TPSA) is 66.4 Å². The third-order valence-electron chi connectivity index (χ3n) is 5.23. The van der Waals surface area contributed by atoms with Crippen LogP contribution in [0.15, 0.2) is 60.9 Å². The molecule has 2 unspecified atom stereocenters. The van der Waals surface area contributed by atoms with E-state index in [0.717, 1.165) is 16.7 Å². The molecule has 2 aromatic carbocycles. The van der Waals surface area contributed by atoms with Crippen LogP contribution in [0.5, 0.6) is 0 Å². The average Bonchev–Trinajstić information content (AvgIpc) is 3.22. The van der Waals surface area contributed by atoms with Gasteiger partial charge in [-0.05, 0) is 24.3 Å². The number of hydrogen-bond donors (Lipinski definition) is 0. The van der Waals surface area contributed by atoms with Crippen molar-refractivity contribution in [3.63, 3.8) is 0 Å². The van der Waals surface area contributed by atoms with E-state index in [1.165, 1.54) is 11.2 Å². The maximum atomic E-state index is 12.9. The minimum atomic E-state index is -0.323. The summed E-state index contributed by atoms with van der Waals surface area (Å²) in [4.78, 5) is 37.9. The second-order valence-electron chi connectivity index (χ2n) is 6.68. The molecule has 2 aliphatic rings. The van der Waals surface area contributed by atoms with Crippen LogP contribution >= 0.6 is 0 Å². The molecule has 3 aromatic rings. The Morgan fingerprint density at radius 2 is 1.46 bits per heavy atom. The summed E-state index contributed by atoms with van der Waals surface area (Å²) in [7, 11) is 0. The van der Waals surface area contributed by atoms with Gasteiger partial charge in [0.2, 0.25) is 11.8 Å². The number of amides is 2. The van der Waals surface area contributed by atoms with Crippen LogP contribution in [0, 0.1) is 11.8 Å². The van der Waals surface area contributed by atoms with Crippen molar-refractivity contribution < 1.29 is 9.59 Å². The highest BCUT2D eigenvalue weighted by molar-refractivity contribution is 6.22. The van der Waals surface area contributed by atoms with Gasteiger partial charge in [-0.1, -0.05) is 30.3 Å². The first kappa shape index (κ1) is 15.0. The molecule has 2 saturated heterocycles. The molecule has 2 amide bonds. The van der Waals surface area contributed by atoms with Crippen molar-refractivity contribution >= 4 is 34.2 Å². The summed E-state index contributed by atoms with van der Waals surface area (Å²) in [5.74, 6) is -0.0937. The molecule has 6 nitrogen and oxygen atoms in total. The van der Waals surface area contributed by atoms with E-state index in [4.69, 9.17) is 0 Å². The van der Waals surface area contributed by atoms with E-state index in [1.807, 2.05) is 47.4 Å². The zero-order chi connectivity index (χ0) is 17.7. The normalized spacial score (nSPS) is 22.3. The maximum Gasteiger partial charge on any atom is 0.239 e. The Kier molecular flexibility index (Phi) is 3.25. The molecular formula is C20H16N4O2. The van der Waals surface area contributed by atoms with Gasteiger partial charge in [0.1, 0.15) is 12.1 Å². The van der Waals surface area contributed by atoms with E-state index in [1.54, 1.807) is 12.1 Å². The van der Waals surface area contributed by atoms with Crippen molar-refractivity contribution in [3.8, 4) is 0 Å². The molecule has 5 rings (SSSR count). The first-order valence-electron chi connectivity index (χ1n) is 8.61. The van der Waals surface area contributed by atoms with Crippen LogP contribution in [0.25, 0.3) is 10.9 Å². The fourth-order valence-electron chi connectivity index (χ4n) is 3.99. The average molecular weight is 344 g/mol. The van der Waals surface area contributed by atoms with Crippen molar-refractivity contribution in [1.82, 2.24) is 9.97 Å². The Bertz CT molecular complexity index is 991. The quantitative estimate of drug-likeness (QED) is 0.667. The number of para-hydroxylation sites is 2. The molecule has 26 heavy (non-hydrogen) atoms. The number of rotatable bonds is 2. The lowest BCUT2D eigenvalue weighted by molar-refractivity contribution is -0.122. The van der Waals surface area contributed by atoms with Gasteiger partial charge >= 0.3 is 0 Å². The van der Waals surface area contributed by atoms with Crippen molar-refractivity contribution in [2.24, 2.45) is 11.8 Å². The zero-order valence-corrected chi connectivity index (χ0v) is 13.9. The maximum absolute atomic E-state index is 12.9. The second-order valence-corrected chi connectivity index (χ2v) is 6.68. The third kappa shape index (κ3) is 2.12. The van der Waals surface area contributed by atoms with Crippen LogP contribution in [-0.2, 0) is 9.59 Å². The smallest absolute Gasteiger partial charge is 0.239 e. The van der Waals surface area contributed by atoms with E-state index in [-0.39, 0.29) is 23.7 Å². The summed E-state index contributed by atoms with van der Waals surface area (Å²) >= 11 is 0.